The van der Waals surface area contributed by atoms with Crippen LogP contribution in [0.3, 0.4) is 0 Å². The second-order valence-corrected chi connectivity index (χ2v) is 8.67. The third-order valence-electron chi connectivity index (χ3n) is 6.15. The quantitative estimate of drug-likeness (QED) is 0.420. The number of nitrogens with one attached hydrogen (secondary N) is 1. The molecule has 1 aliphatic rings. The first-order chi connectivity index (χ1) is 18.0. The van der Waals surface area contributed by atoms with E-state index in [1.165, 1.54) is 9.70 Å². The van der Waals surface area contributed by atoms with Gasteiger partial charge in [0, 0.05) is 17.3 Å². The van der Waals surface area contributed by atoms with Gasteiger partial charge in [0.2, 0.25) is 11.7 Å². The molecular formula is C26H32N6O5. The molecule has 0 unspecified atom stereocenters. The van der Waals surface area contributed by atoms with Crippen LogP contribution in [0.1, 0.15) is 32.6 Å². The molecule has 0 saturated heterocycles. The molecular weight excluding hydrogens is 476 g/mol. The van der Waals surface area contributed by atoms with Crippen molar-refractivity contribution < 1.29 is 23.8 Å². The average Bonchev–Trinajstić information content (AvgIpc) is 3.60. The van der Waals surface area contributed by atoms with E-state index >= 15 is 0 Å². The van der Waals surface area contributed by atoms with Crippen LogP contribution in [0.4, 0.5) is 5.69 Å². The van der Waals surface area contributed by atoms with Gasteiger partial charge in [-0.3, -0.25) is 9.59 Å². The normalized spacial score (nSPS) is 13.3. The van der Waals surface area contributed by atoms with Gasteiger partial charge < -0.3 is 24.4 Å². The van der Waals surface area contributed by atoms with E-state index in [0.717, 1.165) is 25.7 Å². The van der Waals surface area contributed by atoms with Gasteiger partial charge in [-0.05, 0) is 67.4 Å². The molecule has 11 heteroatoms. The number of benzene rings is 2. The predicted molar refractivity (Wildman–Crippen MR) is 137 cm³/mol. The Morgan fingerprint density at radius 1 is 1.05 bits per heavy atom. The van der Waals surface area contributed by atoms with Crippen molar-refractivity contribution in [1.29, 1.82) is 0 Å². The molecule has 37 heavy (non-hydrogen) atoms. The van der Waals surface area contributed by atoms with E-state index in [0.29, 0.717) is 40.9 Å². The first-order valence-electron chi connectivity index (χ1n) is 12.3. The molecule has 2 amide bonds. The van der Waals surface area contributed by atoms with Gasteiger partial charge in [0.25, 0.3) is 5.91 Å². The van der Waals surface area contributed by atoms with Crippen LogP contribution in [0.5, 0.6) is 17.2 Å². The molecule has 1 saturated carbocycles. The number of hydrogen-bond donors (Lipinski definition) is 1. The first-order valence-corrected chi connectivity index (χ1v) is 12.3. The summed E-state index contributed by atoms with van der Waals surface area (Å²) in [6.45, 7) is 2.13. The van der Waals surface area contributed by atoms with Gasteiger partial charge in [0.1, 0.15) is 18.8 Å². The second kappa shape index (κ2) is 12.2. The highest BCUT2D eigenvalue weighted by Crippen LogP contribution is 2.30. The molecule has 2 aromatic carbocycles. The summed E-state index contributed by atoms with van der Waals surface area (Å²) in [6, 6.07) is 12.5. The van der Waals surface area contributed by atoms with E-state index in [2.05, 4.69) is 20.7 Å². The molecule has 0 aliphatic heterocycles. The Balaban J connectivity index is 1.51. The van der Waals surface area contributed by atoms with E-state index in [1.54, 1.807) is 56.7 Å². The van der Waals surface area contributed by atoms with Crippen molar-refractivity contribution in [3.8, 4) is 28.6 Å². The van der Waals surface area contributed by atoms with Crippen molar-refractivity contribution in [3.05, 3.63) is 42.5 Å². The molecule has 0 spiro atoms. The van der Waals surface area contributed by atoms with Crippen LogP contribution in [-0.4, -0.2) is 65.4 Å². The minimum Gasteiger partial charge on any atom is -0.494 e. The van der Waals surface area contributed by atoms with Crippen LogP contribution in [-0.2, 0) is 16.1 Å². The van der Waals surface area contributed by atoms with Crippen LogP contribution in [0, 0.1) is 0 Å². The fourth-order valence-electron chi connectivity index (χ4n) is 4.31. The lowest BCUT2D eigenvalue weighted by Gasteiger charge is -2.23. The zero-order chi connectivity index (χ0) is 26.2. The number of hydrogen-bond acceptors (Lipinski definition) is 8. The van der Waals surface area contributed by atoms with E-state index < -0.39 is 0 Å². The number of carbonyl (C=O) groups excluding carboxylic acids is 2. The van der Waals surface area contributed by atoms with E-state index in [1.807, 2.05) is 6.92 Å². The van der Waals surface area contributed by atoms with Crippen LogP contribution in [0.15, 0.2) is 42.5 Å². The number of amides is 2. The number of methoxy groups -OCH3 is 2. The number of rotatable bonds is 11. The molecule has 0 bridgehead atoms. The van der Waals surface area contributed by atoms with E-state index in [4.69, 9.17) is 14.2 Å². The minimum absolute atomic E-state index is 0.111. The summed E-state index contributed by atoms with van der Waals surface area (Å²) in [6.07, 6.45) is 4.13. The maximum absolute atomic E-state index is 13.4. The van der Waals surface area contributed by atoms with Crippen molar-refractivity contribution in [2.45, 2.75) is 45.2 Å². The summed E-state index contributed by atoms with van der Waals surface area (Å²) in [7, 11) is 3.10. The lowest BCUT2D eigenvalue weighted by molar-refractivity contribution is -0.124. The summed E-state index contributed by atoms with van der Waals surface area (Å²) in [5.74, 6) is 1.58. The first kappa shape index (κ1) is 25.9. The fourth-order valence-corrected chi connectivity index (χ4v) is 4.31. The Morgan fingerprint density at radius 3 is 2.46 bits per heavy atom. The Labute approximate surface area is 215 Å². The molecule has 3 aromatic rings. The molecule has 0 atom stereocenters. The van der Waals surface area contributed by atoms with Gasteiger partial charge in [-0.25, -0.2) is 0 Å². The molecule has 1 fully saturated rings. The fraction of sp³-hybridized carbons (Fsp3) is 0.423. The summed E-state index contributed by atoms with van der Waals surface area (Å²) in [5, 5.41) is 15.5. The minimum atomic E-state index is -0.345. The second-order valence-electron chi connectivity index (χ2n) is 8.67. The Hall–Kier alpha value is -4.15. The number of anilines is 1. The molecule has 4 rings (SSSR count). The summed E-state index contributed by atoms with van der Waals surface area (Å²) in [4.78, 5) is 28.8. The average molecular weight is 509 g/mol. The molecule has 1 N–H and O–H groups in total. The van der Waals surface area contributed by atoms with Gasteiger partial charge in [-0.2, -0.15) is 4.80 Å². The maximum Gasteiger partial charge on any atom is 0.251 e. The zero-order valence-corrected chi connectivity index (χ0v) is 21.3. The lowest BCUT2D eigenvalue weighted by Crippen LogP contribution is -2.44. The summed E-state index contributed by atoms with van der Waals surface area (Å²) < 4.78 is 16.1. The SMILES string of the molecule is CCOc1ccc(N(CC(=O)NC2CCCC2)C(=O)Cn2nnc(-c3ccc(OC)c(OC)c3)n2)cc1. The van der Waals surface area contributed by atoms with Crippen LogP contribution in [0.25, 0.3) is 11.4 Å². The molecule has 0 radical (unpaired) electrons. The Bertz CT molecular complexity index is 1210. The van der Waals surface area contributed by atoms with E-state index in [-0.39, 0.29) is 30.9 Å². The maximum atomic E-state index is 13.4. The lowest BCUT2D eigenvalue weighted by atomic mass is 10.2. The van der Waals surface area contributed by atoms with Crippen LogP contribution in [0.2, 0.25) is 0 Å². The van der Waals surface area contributed by atoms with Crippen LogP contribution >= 0.6 is 0 Å². The highest BCUT2D eigenvalue weighted by Gasteiger charge is 2.24. The van der Waals surface area contributed by atoms with Crippen molar-refractivity contribution in [2.24, 2.45) is 0 Å². The van der Waals surface area contributed by atoms with Crippen molar-refractivity contribution in [1.82, 2.24) is 25.5 Å². The molecule has 196 valence electrons. The zero-order valence-electron chi connectivity index (χ0n) is 21.3. The van der Waals surface area contributed by atoms with Gasteiger partial charge in [-0.1, -0.05) is 12.8 Å². The Morgan fingerprint density at radius 2 is 1.78 bits per heavy atom. The van der Waals surface area contributed by atoms with Crippen LogP contribution < -0.4 is 24.4 Å². The standard InChI is InChI=1S/C26H32N6O5/c1-4-37-21-12-10-20(11-13-21)31(16-24(33)27-19-7-5-6-8-19)25(34)17-32-29-26(28-30-32)18-9-14-22(35-2)23(15-18)36-3/h9-15,19H,4-8,16-17H2,1-3H3,(H,27,33). The van der Waals surface area contributed by atoms with Crippen molar-refractivity contribution in [2.75, 3.05) is 32.3 Å². The number of ether oxygens (including phenoxy) is 3. The summed E-state index contributed by atoms with van der Waals surface area (Å²) >= 11 is 0. The third kappa shape index (κ3) is 6.54. The Kier molecular flexibility index (Phi) is 8.55. The molecule has 1 aromatic heterocycles. The smallest absolute Gasteiger partial charge is 0.251 e. The van der Waals surface area contributed by atoms with Gasteiger partial charge in [0.15, 0.2) is 11.5 Å². The number of tetrazole rings is 1. The number of carbonyl (C=O) groups is 2. The molecule has 1 aliphatic carbocycles. The number of nitrogens with zero attached hydrogens (tertiary/aromatic N) is 5. The molecule has 1 heterocycles. The monoisotopic (exact) mass is 508 g/mol. The summed E-state index contributed by atoms with van der Waals surface area (Å²) in [5.41, 5.74) is 1.24. The highest BCUT2D eigenvalue weighted by molar-refractivity contribution is 5.98. The predicted octanol–water partition coefficient (Wildman–Crippen LogP) is 2.85. The largest absolute Gasteiger partial charge is 0.494 e. The molecule has 11 nitrogen and oxygen atoms in total. The highest BCUT2D eigenvalue weighted by atomic mass is 16.5. The van der Waals surface area contributed by atoms with Gasteiger partial charge >= 0.3 is 0 Å². The van der Waals surface area contributed by atoms with Crippen molar-refractivity contribution in [3.63, 3.8) is 0 Å². The van der Waals surface area contributed by atoms with E-state index in [9.17, 15) is 9.59 Å². The van der Waals surface area contributed by atoms with Crippen molar-refractivity contribution >= 4 is 17.5 Å². The van der Waals surface area contributed by atoms with Gasteiger partial charge in [-0.15, -0.1) is 10.2 Å². The topological polar surface area (TPSA) is 121 Å². The number of aromatic nitrogens is 4. The third-order valence-corrected chi connectivity index (χ3v) is 6.15. The van der Waals surface area contributed by atoms with Gasteiger partial charge in [0.05, 0.1) is 20.8 Å².